The topological polar surface area (TPSA) is 103 Å². The van der Waals surface area contributed by atoms with Gasteiger partial charge in [-0.05, 0) is 130 Å². The van der Waals surface area contributed by atoms with Gasteiger partial charge in [0.25, 0.3) is 0 Å². The number of hydrogen-bond donors (Lipinski definition) is 3. The van der Waals surface area contributed by atoms with Gasteiger partial charge in [0.15, 0.2) is 0 Å². The van der Waals surface area contributed by atoms with E-state index in [2.05, 4.69) is 33.0 Å². The number of ether oxygens (including phenoxy) is 1. The van der Waals surface area contributed by atoms with E-state index in [1.165, 1.54) is 24.3 Å². The molecular formula is C42H48Cl2FN5O4. The number of likely N-dealkylation sites (tertiary alicyclic amines) is 2. The number of amides is 3. The fraction of sp³-hybridized carbons (Fsp3) is 0.500. The van der Waals surface area contributed by atoms with Gasteiger partial charge in [0.05, 0.1) is 5.54 Å². The zero-order chi connectivity index (χ0) is 37.4. The van der Waals surface area contributed by atoms with E-state index in [1.54, 1.807) is 0 Å². The van der Waals surface area contributed by atoms with E-state index >= 15 is 0 Å². The van der Waals surface area contributed by atoms with Crippen molar-refractivity contribution in [1.82, 2.24) is 25.8 Å². The minimum absolute atomic E-state index is 0.0117. The van der Waals surface area contributed by atoms with Gasteiger partial charge >= 0.3 is 6.09 Å². The molecule has 1 aliphatic carbocycles. The van der Waals surface area contributed by atoms with E-state index in [1.807, 2.05) is 41.3 Å². The molecule has 3 N–H and O–H groups in total. The lowest BCUT2D eigenvalue weighted by atomic mass is 9.77. The molecule has 1 saturated carbocycles. The Bertz CT molecular complexity index is 1820. The van der Waals surface area contributed by atoms with Gasteiger partial charge in [-0.25, -0.2) is 9.18 Å². The lowest BCUT2D eigenvalue weighted by Crippen LogP contribution is -2.49. The summed E-state index contributed by atoms with van der Waals surface area (Å²) in [6.45, 7) is 5.49. The molecule has 9 nitrogen and oxygen atoms in total. The van der Waals surface area contributed by atoms with Crippen molar-refractivity contribution in [2.24, 2.45) is 29.6 Å². The first kappa shape index (κ1) is 37.2. The van der Waals surface area contributed by atoms with Crippen molar-refractivity contribution in [3.63, 3.8) is 0 Å². The zero-order valence-electron chi connectivity index (χ0n) is 30.3. The number of benzene rings is 3. The first-order chi connectivity index (χ1) is 26.2. The van der Waals surface area contributed by atoms with E-state index in [-0.39, 0.29) is 59.0 Å². The molecule has 0 bridgehead atoms. The molecule has 12 heteroatoms. The summed E-state index contributed by atoms with van der Waals surface area (Å²) in [5.41, 5.74) is 1.43. The summed E-state index contributed by atoms with van der Waals surface area (Å²) in [5, 5.41) is 11.4. The van der Waals surface area contributed by atoms with Crippen LogP contribution in [0, 0.1) is 35.4 Å². The second-order valence-electron chi connectivity index (χ2n) is 15.9. The minimum atomic E-state index is -0.742. The average molecular weight is 777 g/mol. The Balaban J connectivity index is 1.15. The van der Waals surface area contributed by atoms with Crippen LogP contribution in [0.5, 0.6) is 5.75 Å². The van der Waals surface area contributed by atoms with Gasteiger partial charge in [0.1, 0.15) is 11.6 Å². The molecule has 4 aliphatic heterocycles. The van der Waals surface area contributed by atoms with Gasteiger partial charge in [-0.2, -0.15) is 0 Å². The summed E-state index contributed by atoms with van der Waals surface area (Å²) in [4.78, 5) is 46.3. The van der Waals surface area contributed by atoms with Crippen LogP contribution in [0.4, 0.5) is 9.18 Å². The summed E-state index contributed by atoms with van der Waals surface area (Å²) in [6.07, 6.45) is 3.29. The second kappa shape index (κ2) is 15.8. The Morgan fingerprint density at radius 2 is 1.17 bits per heavy atom. The standard InChI is InChI=1S/C42H48Cl2FN5O4/c43-30-5-1-26(2-6-30)34-22-49(39(51)28-13-17-46-18-14-28)24-36(34)37-21-42(37,48-41(53)54-33-11-9-32(45)10-12-33)38-25-50(40(52)29-15-19-47-20-16-29)23-35(38)27-3-7-31(44)8-4-27/h1-12,28-29,34-38,46-47H,13-25H2,(H,48,53)/t34-,35-,36-,37?,38+,42?/m0/s1. The third-order valence-electron chi connectivity index (χ3n) is 12.9. The molecule has 3 aromatic rings. The smallest absolute Gasteiger partial charge is 0.410 e. The number of carbonyl (C=O) groups excluding carboxylic acids is 3. The highest BCUT2D eigenvalue weighted by Crippen LogP contribution is 2.62. The number of halogens is 3. The highest BCUT2D eigenvalue weighted by molar-refractivity contribution is 6.30. The van der Waals surface area contributed by atoms with Gasteiger partial charge in [0.2, 0.25) is 11.8 Å². The molecule has 3 aromatic carbocycles. The number of nitrogens with zero attached hydrogens (tertiary/aromatic N) is 2. The predicted octanol–water partition coefficient (Wildman–Crippen LogP) is 6.46. The zero-order valence-corrected chi connectivity index (χ0v) is 31.8. The Hall–Kier alpha value is -3.70. The van der Waals surface area contributed by atoms with Crippen LogP contribution < -0.4 is 20.7 Å². The lowest BCUT2D eigenvalue weighted by Gasteiger charge is -2.33. The average Bonchev–Trinajstić information content (AvgIpc) is 3.50. The van der Waals surface area contributed by atoms with Gasteiger partial charge in [-0.1, -0.05) is 47.5 Å². The Morgan fingerprint density at radius 1 is 0.667 bits per heavy atom. The van der Waals surface area contributed by atoms with Crippen molar-refractivity contribution < 1.29 is 23.5 Å². The molecule has 286 valence electrons. The molecule has 4 heterocycles. The molecule has 2 unspecified atom stereocenters. The molecule has 0 radical (unpaired) electrons. The van der Waals surface area contributed by atoms with Crippen molar-refractivity contribution >= 4 is 41.1 Å². The van der Waals surface area contributed by atoms with E-state index in [4.69, 9.17) is 27.9 Å². The van der Waals surface area contributed by atoms with Gasteiger partial charge in [0, 0.05) is 65.8 Å². The van der Waals surface area contributed by atoms with Crippen molar-refractivity contribution in [1.29, 1.82) is 0 Å². The summed E-state index contributed by atoms with van der Waals surface area (Å²) in [7, 11) is 0. The van der Waals surface area contributed by atoms with Gasteiger partial charge < -0.3 is 30.5 Å². The van der Waals surface area contributed by atoms with Crippen molar-refractivity contribution in [2.45, 2.75) is 49.5 Å². The predicted molar refractivity (Wildman–Crippen MR) is 206 cm³/mol. The molecule has 6 atom stereocenters. The number of nitrogens with one attached hydrogen (secondary N) is 3. The van der Waals surface area contributed by atoms with Gasteiger partial charge in [-0.15, -0.1) is 0 Å². The van der Waals surface area contributed by atoms with Crippen LogP contribution in [0.1, 0.15) is 55.1 Å². The van der Waals surface area contributed by atoms with Crippen molar-refractivity contribution in [3.05, 3.63) is 99.8 Å². The van der Waals surface area contributed by atoms with Crippen LogP contribution in [0.2, 0.25) is 10.0 Å². The van der Waals surface area contributed by atoms with E-state index in [0.29, 0.717) is 42.6 Å². The first-order valence-corrected chi connectivity index (χ1v) is 20.2. The third kappa shape index (κ3) is 7.72. The lowest BCUT2D eigenvalue weighted by molar-refractivity contribution is -0.136. The molecule has 0 spiro atoms. The number of hydrogen-bond acceptors (Lipinski definition) is 6. The summed E-state index contributed by atoms with van der Waals surface area (Å²) < 4.78 is 19.6. The summed E-state index contributed by atoms with van der Waals surface area (Å²) in [6, 6.07) is 21.2. The minimum Gasteiger partial charge on any atom is -0.410 e. The molecule has 5 aliphatic rings. The van der Waals surface area contributed by atoms with Crippen LogP contribution in [0.3, 0.4) is 0 Å². The fourth-order valence-corrected chi connectivity index (χ4v) is 10.3. The Kier molecular flexibility index (Phi) is 10.9. The van der Waals surface area contributed by atoms with Crippen LogP contribution in [-0.4, -0.2) is 85.6 Å². The normalized spacial score (nSPS) is 28.9. The van der Waals surface area contributed by atoms with Crippen LogP contribution in [0.25, 0.3) is 0 Å². The highest BCUT2D eigenvalue weighted by Gasteiger charge is 2.68. The maximum Gasteiger partial charge on any atom is 0.413 e. The number of carbonyl (C=O) groups is 3. The summed E-state index contributed by atoms with van der Waals surface area (Å²) >= 11 is 12.7. The second-order valence-corrected chi connectivity index (χ2v) is 16.8. The van der Waals surface area contributed by atoms with E-state index in [0.717, 1.165) is 63.0 Å². The van der Waals surface area contributed by atoms with Gasteiger partial charge in [-0.3, -0.25) is 9.59 Å². The monoisotopic (exact) mass is 775 g/mol. The van der Waals surface area contributed by atoms with E-state index < -0.39 is 17.4 Å². The molecule has 8 rings (SSSR count). The first-order valence-electron chi connectivity index (χ1n) is 19.4. The van der Waals surface area contributed by atoms with Crippen LogP contribution in [0.15, 0.2) is 72.8 Å². The van der Waals surface area contributed by atoms with E-state index in [9.17, 15) is 18.8 Å². The van der Waals surface area contributed by atoms with Crippen molar-refractivity contribution in [3.8, 4) is 5.75 Å². The highest BCUT2D eigenvalue weighted by atomic mass is 35.5. The molecule has 3 amide bonds. The molecule has 0 aromatic heterocycles. The van der Waals surface area contributed by atoms with Crippen LogP contribution in [-0.2, 0) is 9.59 Å². The van der Waals surface area contributed by atoms with Crippen LogP contribution >= 0.6 is 23.2 Å². The maximum absolute atomic E-state index is 14.2. The molecule has 5 fully saturated rings. The van der Waals surface area contributed by atoms with Crippen molar-refractivity contribution in [2.75, 3.05) is 52.4 Å². The SMILES string of the molecule is O=C(NC1([C@@H]2CN(C(=O)C3CCNCC3)C[C@H]2c2ccc(Cl)cc2)CC1[C@H]1CN(C(=O)C2CCNCC2)C[C@H]1c1ccc(Cl)cc1)Oc1ccc(F)cc1. The number of piperidine rings is 2. The molecule has 54 heavy (non-hydrogen) atoms. The molecule has 4 saturated heterocycles. The Morgan fingerprint density at radius 3 is 1.72 bits per heavy atom. The Labute approximate surface area is 326 Å². The maximum atomic E-state index is 14.2. The largest absolute Gasteiger partial charge is 0.413 e. The quantitative estimate of drug-likeness (QED) is 0.243. The number of rotatable bonds is 8. The summed E-state index contributed by atoms with van der Waals surface area (Å²) in [5.74, 6) is -0.0529. The fourth-order valence-electron chi connectivity index (χ4n) is 10.0. The molecular weight excluding hydrogens is 728 g/mol. The third-order valence-corrected chi connectivity index (χ3v) is 13.4.